The first-order chi connectivity index (χ1) is 27.3. The number of furan rings is 1. The second-order valence-electron chi connectivity index (χ2n) is 14.5. The van der Waals surface area contributed by atoms with Crippen LogP contribution in [0.5, 0.6) is 0 Å². The van der Waals surface area contributed by atoms with Crippen LogP contribution in [0.3, 0.4) is 0 Å². The standard InChI is InChI=1S/C52H32N2O/c1-2-11-38(12-3-1)53-46-17-7-4-13-41(46)44-31-35(24-27-48(44)53)36-25-28-49-45(32-36)42-14-5-8-18-47(42)54(49)39-26-23-33-29-37(22-21-34(33)30-39)40-16-10-20-51-52(40)43-15-6-9-19-50(43)55-51/h1-32H. The van der Waals surface area contributed by atoms with Crippen molar-refractivity contribution >= 4 is 76.3 Å². The van der Waals surface area contributed by atoms with Crippen molar-refractivity contribution in [2.45, 2.75) is 0 Å². The Balaban J connectivity index is 0.977. The molecule has 12 aromatic rings. The molecule has 3 aromatic heterocycles. The quantitative estimate of drug-likeness (QED) is 0.179. The van der Waals surface area contributed by atoms with Gasteiger partial charge < -0.3 is 13.6 Å². The molecule has 3 nitrogen and oxygen atoms in total. The third kappa shape index (κ3) is 4.50. The second-order valence-corrected chi connectivity index (χ2v) is 14.5. The summed E-state index contributed by atoms with van der Waals surface area (Å²) in [5.41, 5.74) is 13.8. The number of nitrogens with zero attached hydrogens (tertiary/aromatic N) is 2. The van der Waals surface area contributed by atoms with Gasteiger partial charge in [0, 0.05) is 43.7 Å². The highest BCUT2D eigenvalue weighted by Crippen LogP contribution is 2.40. The van der Waals surface area contributed by atoms with Gasteiger partial charge in [0.15, 0.2) is 0 Å². The third-order valence-electron chi connectivity index (χ3n) is 11.5. The summed E-state index contributed by atoms with van der Waals surface area (Å²) in [6.07, 6.45) is 0. The van der Waals surface area contributed by atoms with E-state index in [0.717, 1.165) is 27.6 Å². The van der Waals surface area contributed by atoms with Crippen molar-refractivity contribution in [3.05, 3.63) is 194 Å². The van der Waals surface area contributed by atoms with Crippen LogP contribution in [0.25, 0.3) is 110 Å². The molecule has 0 aliphatic carbocycles. The monoisotopic (exact) mass is 700 g/mol. The van der Waals surface area contributed by atoms with E-state index < -0.39 is 0 Å². The molecule has 3 heteroatoms. The molecule has 0 saturated carbocycles. The van der Waals surface area contributed by atoms with E-state index in [9.17, 15) is 0 Å². The van der Waals surface area contributed by atoms with E-state index in [4.69, 9.17) is 4.42 Å². The van der Waals surface area contributed by atoms with E-state index in [0.29, 0.717) is 0 Å². The molecule has 0 spiro atoms. The zero-order valence-corrected chi connectivity index (χ0v) is 29.8. The van der Waals surface area contributed by atoms with Crippen LogP contribution in [0.15, 0.2) is 199 Å². The maximum Gasteiger partial charge on any atom is 0.136 e. The van der Waals surface area contributed by atoms with Crippen molar-refractivity contribution in [3.8, 4) is 33.6 Å². The summed E-state index contributed by atoms with van der Waals surface area (Å²) in [6, 6.07) is 70.3. The highest BCUT2D eigenvalue weighted by molar-refractivity contribution is 6.14. The predicted octanol–water partition coefficient (Wildman–Crippen LogP) is 14.3. The molecule has 0 saturated heterocycles. The van der Waals surface area contributed by atoms with E-state index in [1.165, 1.54) is 82.3 Å². The van der Waals surface area contributed by atoms with Gasteiger partial charge in [-0.2, -0.15) is 0 Å². The molecule has 0 aliphatic heterocycles. The van der Waals surface area contributed by atoms with Gasteiger partial charge in [-0.05, 0) is 112 Å². The van der Waals surface area contributed by atoms with Gasteiger partial charge >= 0.3 is 0 Å². The molecule has 0 radical (unpaired) electrons. The van der Waals surface area contributed by atoms with Crippen LogP contribution in [0.1, 0.15) is 0 Å². The van der Waals surface area contributed by atoms with Crippen LogP contribution < -0.4 is 0 Å². The Morgan fingerprint density at radius 1 is 0.309 bits per heavy atom. The number of aromatic nitrogens is 2. The van der Waals surface area contributed by atoms with Crippen molar-refractivity contribution < 1.29 is 4.42 Å². The molecular weight excluding hydrogens is 669 g/mol. The van der Waals surface area contributed by atoms with Crippen molar-refractivity contribution in [2.24, 2.45) is 0 Å². The van der Waals surface area contributed by atoms with E-state index in [-0.39, 0.29) is 0 Å². The zero-order valence-electron chi connectivity index (χ0n) is 29.8. The van der Waals surface area contributed by atoms with Crippen molar-refractivity contribution in [2.75, 3.05) is 0 Å². The van der Waals surface area contributed by atoms with Gasteiger partial charge in [-0.1, -0.05) is 115 Å². The number of hydrogen-bond acceptors (Lipinski definition) is 1. The zero-order chi connectivity index (χ0) is 36.0. The largest absolute Gasteiger partial charge is 0.456 e. The Hall–Kier alpha value is -7.36. The Morgan fingerprint density at radius 3 is 1.58 bits per heavy atom. The maximum absolute atomic E-state index is 6.21. The first-order valence-corrected chi connectivity index (χ1v) is 18.8. The van der Waals surface area contributed by atoms with Gasteiger partial charge in [-0.15, -0.1) is 0 Å². The fraction of sp³-hybridized carbons (Fsp3) is 0. The number of fused-ring (bicyclic) bond motifs is 10. The first kappa shape index (κ1) is 30.1. The summed E-state index contributed by atoms with van der Waals surface area (Å²) >= 11 is 0. The summed E-state index contributed by atoms with van der Waals surface area (Å²) in [6.45, 7) is 0. The molecule has 0 bridgehead atoms. The minimum atomic E-state index is 0.917. The minimum absolute atomic E-state index is 0.917. The lowest BCUT2D eigenvalue weighted by atomic mass is 9.97. The smallest absolute Gasteiger partial charge is 0.136 e. The van der Waals surface area contributed by atoms with Gasteiger partial charge in [0.2, 0.25) is 0 Å². The number of rotatable bonds is 4. The molecule has 3 heterocycles. The fourth-order valence-corrected chi connectivity index (χ4v) is 8.99. The average Bonchev–Trinajstić information content (AvgIpc) is 3.91. The lowest BCUT2D eigenvalue weighted by Gasteiger charge is -2.11. The average molecular weight is 701 g/mol. The molecule has 0 fully saturated rings. The Labute approximate surface area is 316 Å². The highest BCUT2D eigenvalue weighted by Gasteiger charge is 2.17. The summed E-state index contributed by atoms with van der Waals surface area (Å²) < 4.78 is 11.0. The van der Waals surface area contributed by atoms with E-state index in [2.05, 4.69) is 191 Å². The first-order valence-electron chi connectivity index (χ1n) is 18.8. The van der Waals surface area contributed by atoms with Crippen LogP contribution in [0.2, 0.25) is 0 Å². The van der Waals surface area contributed by atoms with Gasteiger partial charge in [-0.25, -0.2) is 0 Å². The predicted molar refractivity (Wildman–Crippen MR) is 231 cm³/mol. The summed E-state index contributed by atoms with van der Waals surface area (Å²) in [7, 11) is 0. The summed E-state index contributed by atoms with van der Waals surface area (Å²) in [5, 5.41) is 9.73. The van der Waals surface area contributed by atoms with Crippen LogP contribution >= 0.6 is 0 Å². The maximum atomic E-state index is 6.21. The molecule has 0 atom stereocenters. The lowest BCUT2D eigenvalue weighted by Crippen LogP contribution is -1.94. The highest BCUT2D eigenvalue weighted by atomic mass is 16.3. The lowest BCUT2D eigenvalue weighted by molar-refractivity contribution is 0.669. The Kier molecular flexibility index (Phi) is 6.34. The summed E-state index contributed by atoms with van der Waals surface area (Å²) in [4.78, 5) is 0. The SMILES string of the molecule is c1ccc(-n2c3ccccc3c3cc(-c4ccc5c(c4)c4ccccc4n5-c4ccc5cc(-c6cccc7oc8ccccc8c67)ccc5c4)ccc32)cc1. The van der Waals surface area contributed by atoms with Crippen LogP contribution in [0.4, 0.5) is 0 Å². The van der Waals surface area contributed by atoms with Crippen molar-refractivity contribution in [1.82, 2.24) is 9.13 Å². The van der Waals surface area contributed by atoms with Gasteiger partial charge in [0.25, 0.3) is 0 Å². The van der Waals surface area contributed by atoms with E-state index in [1.54, 1.807) is 0 Å². The molecule has 0 aliphatic rings. The van der Waals surface area contributed by atoms with E-state index in [1.807, 2.05) is 12.1 Å². The fourth-order valence-electron chi connectivity index (χ4n) is 8.99. The molecular formula is C52H32N2O. The molecule has 0 unspecified atom stereocenters. The van der Waals surface area contributed by atoms with Gasteiger partial charge in [-0.3, -0.25) is 0 Å². The topological polar surface area (TPSA) is 23.0 Å². The van der Waals surface area contributed by atoms with Crippen molar-refractivity contribution in [1.29, 1.82) is 0 Å². The Morgan fingerprint density at radius 2 is 0.855 bits per heavy atom. The molecule has 9 aromatic carbocycles. The van der Waals surface area contributed by atoms with Gasteiger partial charge in [0.05, 0.1) is 22.1 Å². The number of benzene rings is 9. The molecule has 256 valence electrons. The molecule has 12 rings (SSSR count). The minimum Gasteiger partial charge on any atom is -0.456 e. The van der Waals surface area contributed by atoms with Crippen LogP contribution in [-0.4, -0.2) is 9.13 Å². The summed E-state index contributed by atoms with van der Waals surface area (Å²) in [5.74, 6) is 0. The molecule has 0 amide bonds. The van der Waals surface area contributed by atoms with Crippen molar-refractivity contribution in [3.63, 3.8) is 0 Å². The van der Waals surface area contributed by atoms with Crippen LogP contribution in [0, 0.1) is 0 Å². The molecule has 55 heavy (non-hydrogen) atoms. The number of hydrogen-bond donors (Lipinski definition) is 0. The van der Waals surface area contributed by atoms with Gasteiger partial charge in [0.1, 0.15) is 11.2 Å². The normalized spacial score (nSPS) is 12.0. The second kappa shape index (κ2) is 11.6. The Bertz CT molecular complexity index is 3490. The third-order valence-corrected chi connectivity index (χ3v) is 11.5. The number of para-hydroxylation sites is 4. The molecule has 0 N–H and O–H groups in total. The van der Waals surface area contributed by atoms with Crippen LogP contribution in [-0.2, 0) is 0 Å². The van der Waals surface area contributed by atoms with E-state index >= 15 is 0 Å².